The van der Waals surface area contributed by atoms with Gasteiger partial charge in [-0.3, -0.25) is 0 Å². The van der Waals surface area contributed by atoms with Crippen LogP contribution < -0.4 is 10.2 Å². The highest BCUT2D eigenvalue weighted by Gasteiger charge is 2.01. The second-order valence-electron chi connectivity index (χ2n) is 4.52. The summed E-state index contributed by atoms with van der Waals surface area (Å²) in [6, 6.07) is 12.4. The minimum Gasteiger partial charge on any atom is -0.464 e. The predicted molar refractivity (Wildman–Crippen MR) is 76.2 cm³/mol. The van der Waals surface area contributed by atoms with Crippen LogP contribution in [0.2, 0.25) is 0 Å². The second-order valence-corrected chi connectivity index (χ2v) is 4.52. The first-order valence-electron chi connectivity index (χ1n) is 6.28. The maximum Gasteiger partial charge on any atom is 0.123 e. The van der Waals surface area contributed by atoms with Crippen molar-refractivity contribution in [1.29, 1.82) is 0 Å². The highest BCUT2D eigenvalue weighted by atomic mass is 16.3. The molecule has 18 heavy (non-hydrogen) atoms. The van der Waals surface area contributed by atoms with Crippen LogP contribution in [0.1, 0.15) is 18.4 Å². The van der Waals surface area contributed by atoms with Crippen molar-refractivity contribution in [2.24, 2.45) is 0 Å². The Morgan fingerprint density at radius 1 is 1.11 bits per heavy atom. The molecule has 0 atom stereocenters. The van der Waals surface area contributed by atoms with Gasteiger partial charge < -0.3 is 14.6 Å². The number of nitrogens with zero attached hydrogens (tertiary/aromatic N) is 1. The third kappa shape index (κ3) is 3.06. The summed E-state index contributed by atoms with van der Waals surface area (Å²) in [7, 11) is 4.08. The summed E-state index contributed by atoms with van der Waals surface area (Å²) in [6.45, 7) is 2.81. The molecule has 0 amide bonds. The highest BCUT2D eigenvalue weighted by molar-refractivity contribution is 5.57. The van der Waals surface area contributed by atoms with Gasteiger partial charge in [0.25, 0.3) is 0 Å². The third-order valence-electron chi connectivity index (χ3n) is 2.90. The van der Waals surface area contributed by atoms with Crippen LogP contribution in [0, 0.1) is 0 Å². The lowest BCUT2D eigenvalue weighted by molar-refractivity contribution is 0.476. The largest absolute Gasteiger partial charge is 0.464 e. The van der Waals surface area contributed by atoms with Gasteiger partial charge in [-0.05, 0) is 30.3 Å². The molecule has 0 radical (unpaired) electrons. The summed E-state index contributed by atoms with van der Waals surface area (Å²) in [5.74, 6) is 2.01. The molecule has 2 rings (SSSR count). The summed E-state index contributed by atoms with van der Waals surface area (Å²) >= 11 is 0. The first-order valence-corrected chi connectivity index (χ1v) is 6.28. The van der Waals surface area contributed by atoms with E-state index in [0.717, 1.165) is 30.2 Å². The van der Waals surface area contributed by atoms with Gasteiger partial charge >= 0.3 is 0 Å². The Hall–Kier alpha value is -1.90. The van der Waals surface area contributed by atoms with E-state index in [-0.39, 0.29) is 0 Å². The van der Waals surface area contributed by atoms with E-state index in [4.69, 9.17) is 4.42 Å². The van der Waals surface area contributed by atoms with Crippen LogP contribution in [0.5, 0.6) is 0 Å². The highest BCUT2D eigenvalue weighted by Crippen LogP contribution is 2.18. The Bertz CT molecular complexity index is 503. The number of nitrogens with one attached hydrogen (secondary N) is 1. The van der Waals surface area contributed by atoms with E-state index >= 15 is 0 Å². The fourth-order valence-electron chi connectivity index (χ4n) is 1.79. The number of aryl methyl sites for hydroxylation is 1. The zero-order valence-electron chi connectivity index (χ0n) is 11.2. The van der Waals surface area contributed by atoms with E-state index in [2.05, 4.69) is 41.4 Å². The molecular weight excluding hydrogens is 224 g/mol. The normalized spacial score (nSPS) is 10.4. The van der Waals surface area contributed by atoms with Gasteiger partial charge in [0.05, 0.1) is 6.54 Å². The second kappa shape index (κ2) is 5.63. The summed E-state index contributed by atoms with van der Waals surface area (Å²) in [5.41, 5.74) is 2.30. The lowest BCUT2D eigenvalue weighted by Crippen LogP contribution is -2.09. The number of benzene rings is 1. The van der Waals surface area contributed by atoms with Gasteiger partial charge in [0, 0.05) is 31.9 Å². The topological polar surface area (TPSA) is 28.4 Å². The average Bonchev–Trinajstić information content (AvgIpc) is 2.84. The molecule has 0 saturated carbocycles. The van der Waals surface area contributed by atoms with Crippen LogP contribution in [-0.4, -0.2) is 14.1 Å². The molecule has 0 aliphatic carbocycles. The molecule has 0 aliphatic heterocycles. The summed E-state index contributed by atoms with van der Waals surface area (Å²) in [6.07, 6.45) is 0.941. The van der Waals surface area contributed by atoms with Crippen molar-refractivity contribution in [1.82, 2.24) is 0 Å². The molecule has 3 heteroatoms. The van der Waals surface area contributed by atoms with Gasteiger partial charge in [0.1, 0.15) is 11.5 Å². The Morgan fingerprint density at radius 3 is 2.56 bits per heavy atom. The van der Waals surface area contributed by atoms with Crippen LogP contribution in [0.3, 0.4) is 0 Å². The summed E-state index contributed by atoms with van der Waals surface area (Å²) < 4.78 is 5.66. The Labute approximate surface area is 108 Å². The molecule has 1 aromatic heterocycles. The molecule has 3 nitrogen and oxygen atoms in total. The standard InChI is InChI=1S/C15H20N2O/c1-4-14-8-9-15(18-14)11-16-12-6-5-7-13(10-12)17(2)3/h5-10,16H,4,11H2,1-3H3. The van der Waals surface area contributed by atoms with Crippen molar-refractivity contribution in [2.45, 2.75) is 19.9 Å². The van der Waals surface area contributed by atoms with E-state index in [1.807, 2.05) is 26.2 Å². The maximum absolute atomic E-state index is 5.66. The minimum absolute atomic E-state index is 0.719. The fourth-order valence-corrected chi connectivity index (χ4v) is 1.79. The van der Waals surface area contributed by atoms with Crippen LogP contribution >= 0.6 is 0 Å². The number of anilines is 2. The lowest BCUT2D eigenvalue weighted by atomic mass is 10.2. The van der Waals surface area contributed by atoms with Gasteiger partial charge in [0.2, 0.25) is 0 Å². The summed E-state index contributed by atoms with van der Waals surface area (Å²) in [4.78, 5) is 2.09. The zero-order chi connectivity index (χ0) is 13.0. The minimum atomic E-state index is 0.719. The van der Waals surface area contributed by atoms with Crippen LogP contribution in [0.4, 0.5) is 11.4 Å². The van der Waals surface area contributed by atoms with Crippen molar-refractivity contribution >= 4 is 11.4 Å². The molecule has 0 spiro atoms. The van der Waals surface area contributed by atoms with E-state index in [0.29, 0.717) is 0 Å². The number of rotatable bonds is 5. The van der Waals surface area contributed by atoms with E-state index < -0.39 is 0 Å². The van der Waals surface area contributed by atoms with Gasteiger partial charge in [0.15, 0.2) is 0 Å². The third-order valence-corrected chi connectivity index (χ3v) is 2.90. The molecule has 1 heterocycles. The van der Waals surface area contributed by atoms with Crippen LogP contribution in [0.15, 0.2) is 40.8 Å². The Kier molecular flexibility index (Phi) is 3.92. The number of hydrogen-bond acceptors (Lipinski definition) is 3. The molecule has 1 aromatic carbocycles. The van der Waals surface area contributed by atoms with Crippen LogP contribution in [0.25, 0.3) is 0 Å². The SMILES string of the molecule is CCc1ccc(CNc2cccc(N(C)C)c2)o1. The smallest absolute Gasteiger partial charge is 0.123 e. The molecule has 1 N–H and O–H groups in total. The average molecular weight is 244 g/mol. The maximum atomic E-state index is 5.66. The molecule has 2 aromatic rings. The van der Waals surface area contributed by atoms with Crippen LogP contribution in [-0.2, 0) is 13.0 Å². The molecule has 0 bridgehead atoms. The molecule has 0 saturated heterocycles. The monoisotopic (exact) mass is 244 g/mol. The van der Waals surface area contributed by atoms with Crippen molar-refractivity contribution in [3.8, 4) is 0 Å². The van der Waals surface area contributed by atoms with Crippen molar-refractivity contribution in [3.63, 3.8) is 0 Å². The quantitative estimate of drug-likeness (QED) is 0.872. The van der Waals surface area contributed by atoms with Crippen molar-refractivity contribution in [2.75, 3.05) is 24.3 Å². The van der Waals surface area contributed by atoms with Crippen molar-refractivity contribution < 1.29 is 4.42 Å². The van der Waals surface area contributed by atoms with Gasteiger partial charge in [-0.15, -0.1) is 0 Å². The Balaban J connectivity index is 1.99. The molecule has 0 fully saturated rings. The first kappa shape index (κ1) is 12.6. The van der Waals surface area contributed by atoms with Crippen molar-refractivity contribution in [3.05, 3.63) is 47.9 Å². The molecular formula is C15H20N2O. The van der Waals surface area contributed by atoms with E-state index in [9.17, 15) is 0 Å². The van der Waals surface area contributed by atoms with Gasteiger partial charge in [-0.2, -0.15) is 0 Å². The van der Waals surface area contributed by atoms with E-state index in [1.54, 1.807) is 0 Å². The predicted octanol–water partition coefficient (Wildman–Crippen LogP) is 3.52. The number of hydrogen-bond donors (Lipinski definition) is 1. The van der Waals surface area contributed by atoms with E-state index in [1.165, 1.54) is 5.69 Å². The molecule has 0 unspecified atom stereocenters. The van der Waals surface area contributed by atoms with Gasteiger partial charge in [-0.1, -0.05) is 13.0 Å². The molecule has 0 aliphatic rings. The zero-order valence-corrected chi connectivity index (χ0v) is 11.2. The summed E-state index contributed by atoms with van der Waals surface area (Å²) in [5, 5.41) is 3.37. The van der Waals surface area contributed by atoms with Gasteiger partial charge in [-0.25, -0.2) is 0 Å². The fraction of sp³-hybridized carbons (Fsp3) is 0.333. The number of furan rings is 1. The lowest BCUT2D eigenvalue weighted by Gasteiger charge is -2.14. The Morgan fingerprint density at radius 2 is 1.89 bits per heavy atom. The molecule has 96 valence electrons. The first-order chi connectivity index (χ1) is 8.69.